The minimum absolute atomic E-state index is 0.281. The van der Waals surface area contributed by atoms with E-state index in [0.29, 0.717) is 0 Å². The lowest BCUT2D eigenvalue weighted by atomic mass is 10.1. The normalized spacial score (nSPS) is 12.4. The molecule has 1 aromatic heterocycles. The molecule has 0 fully saturated rings. The van der Waals surface area contributed by atoms with Crippen LogP contribution in [0.15, 0.2) is 48.5 Å². The summed E-state index contributed by atoms with van der Waals surface area (Å²) in [4.78, 5) is 0. The average molecular weight is 301 g/mol. The van der Waals surface area contributed by atoms with E-state index in [4.69, 9.17) is 4.74 Å². The lowest BCUT2D eigenvalue weighted by Crippen LogP contribution is -2.04. The minimum atomic E-state index is 0.281. The predicted molar refractivity (Wildman–Crippen MR) is 92.0 cm³/mol. The van der Waals surface area contributed by atoms with E-state index >= 15 is 0 Å². The van der Waals surface area contributed by atoms with Gasteiger partial charge in [0.1, 0.15) is 5.75 Å². The molecule has 2 heterocycles. The van der Waals surface area contributed by atoms with Gasteiger partial charge < -0.3 is 14.4 Å². The lowest BCUT2D eigenvalue weighted by Gasteiger charge is -2.21. The first kappa shape index (κ1) is 12.6. The van der Waals surface area contributed by atoms with Crippen molar-refractivity contribution in [2.75, 3.05) is 0 Å². The molecule has 23 heavy (non-hydrogen) atoms. The topological polar surface area (TPSA) is 34.4 Å². The molecule has 3 nitrogen and oxygen atoms in total. The first-order valence-corrected chi connectivity index (χ1v) is 7.68. The van der Waals surface area contributed by atoms with Crippen molar-refractivity contribution < 1.29 is 9.84 Å². The quantitative estimate of drug-likeness (QED) is 0.426. The van der Waals surface area contributed by atoms with Crippen molar-refractivity contribution in [1.29, 1.82) is 0 Å². The Labute approximate surface area is 133 Å². The van der Waals surface area contributed by atoms with E-state index in [-0.39, 0.29) is 5.75 Å². The van der Waals surface area contributed by atoms with Gasteiger partial charge in [-0.1, -0.05) is 6.07 Å². The van der Waals surface area contributed by atoms with Crippen LogP contribution in [0.5, 0.6) is 17.2 Å². The highest BCUT2D eigenvalue weighted by molar-refractivity contribution is 6.12. The summed E-state index contributed by atoms with van der Waals surface area (Å²) < 4.78 is 8.42. The van der Waals surface area contributed by atoms with Gasteiger partial charge in [0, 0.05) is 10.8 Å². The molecule has 1 N–H and O–H groups in total. The van der Waals surface area contributed by atoms with Crippen LogP contribution in [0.25, 0.3) is 27.5 Å². The SMILES string of the molecule is Cc1ccc2c(c1)Oc1cc(C)cc3c4cc(O)ccc4n-2c13. The first-order chi connectivity index (χ1) is 11.1. The number of rotatable bonds is 0. The number of hydrogen-bond acceptors (Lipinski definition) is 2. The van der Waals surface area contributed by atoms with Crippen molar-refractivity contribution in [2.45, 2.75) is 13.8 Å². The molecule has 0 saturated carbocycles. The monoisotopic (exact) mass is 301 g/mol. The first-order valence-electron chi connectivity index (χ1n) is 7.68. The van der Waals surface area contributed by atoms with Crippen LogP contribution in [0.3, 0.4) is 0 Å². The Bertz CT molecular complexity index is 1120. The Balaban J connectivity index is 2.06. The van der Waals surface area contributed by atoms with Crippen LogP contribution < -0.4 is 4.74 Å². The molecule has 4 aromatic rings. The number of aryl methyl sites for hydroxylation is 2. The van der Waals surface area contributed by atoms with Crippen LogP contribution in [0, 0.1) is 13.8 Å². The third-order valence-corrected chi connectivity index (χ3v) is 4.53. The lowest BCUT2D eigenvalue weighted by molar-refractivity contribution is 0.475. The molecule has 0 spiro atoms. The van der Waals surface area contributed by atoms with Crippen molar-refractivity contribution in [3.8, 4) is 22.9 Å². The molecule has 0 bridgehead atoms. The molecular weight excluding hydrogens is 286 g/mol. The summed E-state index contributed by atoms with van der Waals surface area (Å²) in [5.74, 6) is 2.02. The average Bonchev–Trinajstić information content (AvgIpc) is 2.82. The summed E-state index contributed by atoms with van der Waals surface area (Å²) in [6.45, 7) is 4.13. The molecular formula is C20H15NO2. The highest BCUT2D eigenvalue weighted by Gasteiger charge is 2.24. The van der Waals surface area contributed by atoms with Crippen LogP contribution in [-0.4, -0.2) is 9.67 Å². The van der Waals surface area contributed by atoms with Crippen LogP contribution in [0.4, 0.5) is 0 Å². The Kier molecular flexibility index (Phi) is 2.23. The van der Waals surface area contributed by atoms with Crippen molar-refractivity contribution in [1.82, 2.24) is 4.57 Å². The molecule has 1 aliphatic rings. The van der Waals surface area contributed by atoms with Gasteiger partial charge >= 0.3 is 0 Å². The number of ether oxygens (including phenoxy) is 1. The third-order valence-electron chi connectivity index (χ3n) is 4.53. The Morgan fingerprint density at radius 2 is 1.65 bits per heavy atom. The zero-order chi connectivity index (χ0) is 15.7. The summed E-state index contributed by atoms with van der Waals surface area (Å²) >= 11 is 0. The summed E-state index contributed by atoms with van der Waals surface area (Å²) in [6.07, 6.45) is 0. The number of nitrogens with zero attached hydrogens (tertiary/aromatic N) is 1. The van der Waals surface area contributed by atoms with Gasteiger partial charge in [0.2, 0.25) is 0 Å². The summed E-state index contributed by atoms with van der Waals surface area (Å²) in [7, 11) is 0. The van der Waals surface area contributed by atoms with Crippen molar-refractivity contribution in [3.63, 3.8) is 0 Å². The van der Waals surface area contributed by atoms with Crippen LogP contribution in [0.1, 0.15) is 11.1 Å². The van der Waals surface area contributed by atoms with E-state index in [9.17, 15) is 5.11 Å². The van der Waals surface area contributed by atoms with Crippen molar-refractivity contribution >= 4 is 21.8 Å². The van der Waals surface area contributed by atoms with Gasteiger partial charge in [-0.15, -0.1) is 0 Å². The summed E-state index contributed by atoms with van der Waals surface area (Å²) in [6, 6.07) is 16.0. The molecule has 0 unspecified atom stereocenters. The molecule has 0 amide bonds. The van der Waals surface area contributed by atoms with E-state index in [1.165, 1.54) is 5.56 Å². The van der Waals surface area contributed by atoms with Crippen LogP contribution >= 0.6 is 0 Å². The zero-order valence-electron chi connectivity index (χ0n) is 12.9. The van der Waals surface area contributed by atoms with Gasteiger partial charge in [-0.05, 0) is 67.4 Å². The van der Waals surface area contributed by atoms with E-state index in [2.05, 4.69) is 48.7 Å². The number of fused-ring (bicyclic) bond motifs is 5. The number of phenols is 1. The molecule has 1 aliphatic heterocycles. The Morgan fingerprint density at radius 1 is 0.826 bits per heavy atom. The van der Waals surface area contributed by atoms with Crippen molar-refractivity contribution in [2.24, 2.45) is 0 Å². The maximum absolute atomic E-state index is 9.92. The van der Waals surface area contributed by atoms with E-state index in [0.717, 1.165) is 44.6 Å². The van der Waals surface area contributed by atoms with E-state index < -0.39 is 0 Å². The Morgan fingerprint density at radius 3 is 2.52 bits per heavy atom. The highest BCUT2D eigenvalue weighted by Crippen LogP contribution is 2.46. The largest absolute Gasteiger partial charge is 0.508 e. The predicted octanol–water partition coefficient (Wildman–Crippen LogP) is 5.21. The second-order valence-electron chi connectivity index (χ2n) is 6.27. The zero-order valence-corrected chi connectivity index (χ0v) is 12.9. The number of benzene rings is 3. The fourth-order valence-corrected chi connectivity index (χ4v) is 3.57. The highest BCUT2D eigenvalue weighted by atomic mass is 16.5. The molecule has 3 aromatic carbocycles. The molecule has 5 rings (SSSR count). The number of phenolic OH excluding ortho intramolecular Hbond substituents is 1. The fourth-order valence-electron chi connectivity index (χ4n) is 3.57. The number of aromatic hydroxyl groups is 1. The van der Waals surface area contributed by atoms with Gasteiger partial charge in [-0.25, -0.2) is 0 Å². The molecule has 112 valence electrons. The van der Waals surface area contributed by atoms with Crippen LogP contribution in [0.2, 0.25) is 0 Å². The van der Waals surface area contributed by atoms with Crippen molar-refractivity contribution in [3.05, 3.63) is 59.7 Å². The molecule has 0 radical (unpaired) electrons. The third kappa shape index (κ3) is 1.59. The second kappa shape index (κ2) is 4.07. The summed E-state index contributed by atoms with van der Waals surface area (Å²) in [5.41, 5.74) is 5.50. The van der Waals surface area contributed by atoms with Crippen LogP contribution in [-0.2, 0) is 0 Å². The Hall–Kier alpha value is -2.94. The minimum Gasteiger partial charge on any atom is -0.508 e. The smallest absolute Gasteiger partial charge is 0.152 e. The van der Waals surface area contributed by atoms with E-state index in [1.807, 2.05) is 12.1 Å². The van der Waals surface area contributed by atoms with Gasteiger partial charge in [-0.2, -0.15) is 0 Å². The fraction of sp³-hybridized carbons (Fsp3) is 0.100. The molecule has 0 aliphatic carbocycles. The molecule has 0 saturated heterocycles. The van der Waals surface area contributed by atoms with Gasteiger partial charge in [-0.3, -0.25) is 0 Å². The van der Waals surface area contributed by atoms with Gasteiger partial charge in [0.05, 0.1) is 16.7 Å². The number of aromatic nitrogens is 1. The van der Waals surface area contributed by atoms with Gasteiger partial charge in [0.25, 0.3) is 0 Å². The molecule has 0 atom stereocenters. The standard InChI is InChI=1S/C20H15NO2/c1-11-3-5-17-18(8-11)23-19-9-12(2)7-15-14-10-13(22)4-6-16(14)21(17)20(15)19/h3-10,22H,1-2H3. The maximum atomic E-state index is 9.92. The molecule has 3 heteroatoms. The van der Waals surface area contributed by atoms with E-state index in [1.54, 1.807) is 6.07 Å². The maximum Gasteiger partial charge on any atom is 0.152 e. The second-order valence-corrected chi connectivity index (χ2v) is 6.27. The van der Waals surface area contributed by atoms with Gasteiger partial charge in [0.15, 0.2) is 11.5 Å². The summed E-state index contributed by atoms with van der Waals surface area (Å²) in [5, 5.41) is 12.1. The number of hydrogen-bond donors (Lipinski definition) is 1.